The highest BCUT2D eigenvalue weighted by molar-refractivity contribution is 5.74. The van der Waals surface area contributed by atoms with Gasteiger partial charge in [-0.1, -0.05) is 18.2 Å². The van der Waals surface area contributed by atoms with Crippen LogP contribution in [0.2, 0.25) is 0 Å². The molecule has 0 saturated carbocycles. The van der Waals surface area contributed by atoms with E-state index >= 15 is 0 Å². The zero-order chi connectivity index (χ0) is 19.8. The Bertz CT molecular complexity index is 898. The van der Waals surface area contributed by atoms with E-state index in [2.05, 4.69) is 34.1 Å². The minimum Gasteiger partial charge on any atom is -0.378 e. The Labute approximate surface area is 171 Å². The van der Waals surface area contributed by atoms with Crippen LogP contribution >= 0.6 is 0 Å². The number of para-hydroxylation sites is 1. The molecule has 3 aliphatic rings. The number of rotatable bonds is 3. The van der Waals surface area contributed by atoms with Gasteiger partial charge in [-0.15, -0.1) is 0 Å². The number of hydrogen-bond donors (Lipinski definition) is 0. The number of carbonyl (C=O) groups is 1. The SMILES string of the molecule is CC(=O)N1CCC(c2nc(N3CCOCC3)nc3c2CCN3c2ccccc2)C1. The number of likely N-dealkylation sites (tertiary alicyclic amines) is 1. The summed E-state index contributed by atoms with van der Waals surface area (Å²) in [5.74, 6) is 2.26. The Balaban J connectivity index is 1.55. The molecule has 1 unspecified atom stereocenters. The highest BCUT2D eigenvalue weighted by Crippen LogP contribution is 2.40. The molecule has 5 rings (SSSR count). The van der Waals surface area contributed by atoms with E-state index in [-0.39, 0.29) is 11.8 Å². The average molecular weight is 393 g/mol. The molecule has 0 aliphatic carbocycles. The number of morpholine rings is 1. The molecule has 0 radical (unpaired) electrons. The quantitative estimate of drug-likeness (QED) is 0.798. The summed E-state index contributed by atoms with van der Waals surface area (Å²) in [6.07, 6.45) is 1.91. The van der Waals surface area contributed by atoms with Crippen molar-refractivity contribution in [2.75, 3.05) is 55.7 Å². The molecule has 7 nitrogen and oxygen atoms in total. The number of hydrogen-bond acceptors (Lipinski definition) is 6. The van der Waals surface area contributed by atoms with Crippen LogP contribution in [0.25, 0.3) is 0 Å². The molecule has 2 aromatic rings. The van der Waals surface area contributed by atoms with Crippen molar-refractivity contribution in [3.8, 4) is 0 Å². The van der Waals surface area contributed by atoms with Gasteiger partial charge in [0, 0.05) is 56.8 Å². The normalized spacial score (nSPS) is 21.6. The molecule has 0 N–H and O–H groups in total. The van der Waals surface area contributed by atoms with Crippen LogP contribution in [0.15, 0.2) is 30.3 Å². The molecule has 0 spiro atoms. The van der Waals surface area contributed by atoms with Crippen molar-refractivity contribution >= 4 is 23.4 Å². The van der Waals surface area contributed by atoms with E-state index in [1.165, 1.54) is 11.3 Å². The number of ether oxygens (including phenoxy) is 1. The van der Waals surface area contributed by atoms with Gasteiger partial charge in [0.15, 0.2) is 0 Å². The van der Waals surface area contributed by atoms with E-state index in [0.717, 1.165) is 63.0 Å². The molecule has 7 heteroatoms. The van der Waals surface area contributed by atoms with E-state index in [1.807, 2.05) is 11.0 Å². The van der Waals surface area contributed by atoms with Gasteiger partial charge in [-0.25, -0.2) is 4.98 Å². The van der Waals surface area contributed by atoms with Crippen LogP contribution in [0.4, 0.5) is 17.5 Å². The van der Waals surface area contributed by atoms with Gasteiger partial charge in [0.1, 0.15) is 5.82 Å². The van der Waals surface area contributed by atoms with Crippen LogP contribution in [-0.4, -0.2) is 66.7 Å². The maximum atomic E-state index is 11.9. The second-order valence-electron chi connectivity index (χ2n) is 8.00. The molecule has 4 heterocycles. The Morgan fingerprint density at radius 1 is 1.07 bits per heavy atom. The highest BCUT2D eigenvalue weighted by atomic mass is 16.5. The summed E-state index contributed by atoms with van der Waals surface area (Å²) >= 11 is 0. The number of fused-ring (bicyclic) bond motifs is 1. The zero-order valence-electron chi connectivity index (χ0n) is 16.9. The Morgan fingerprint density at radius 3 is 2.59 bits per heavy atom. The summed E-state index contributed by atoms with van der Waals surface area (Å²) < 4.78 is 5.52. The van der Waals surface area contributed by atoms with Crippen LogP contribution in [0, 0.1) is 0 Å². The molecule has 1 aromatic heterocycles. The fraction of sp³-hybridized carbons (Fsp3) is 0.500. The lowest BCUT2D eigenvalue weighted by Crippen LogP contribution is -2.37. The van der Waals surface area contributed by atoms with Crippen molar-refractivity contribution in [3.63, 3.8) is 0 Å². The third kappa shape index (κ3) is 3.44. The topological polar surface area (TPSA) is 61.8 Å². The van der Waals surface area contributed by atoms with E-state index in [0.29, 0.717) is 13.2 Å². The van der Waals surface area contributed by atoms with E-state index in [4.69, 9.17) is 14.7 Å². The molecule has 1 amide bonds. The summed E-state index contributed by atoms with van der Waals surface area (Å²) in [7, 11) is 0. The third-order valence-corrected chi connectivity index (χ3v) is 6.23. The number of benzene rings is 1. The number of aromatic nitrogens is 2. The van der Waals surface area contributed by atoms with Crippen molar-refractivity contribution in [2.24, 2.45) is 0 Å². The van der Waals surface area contributed by atoms with Crippen LogP contribution < -0.4 is 9.80 Å². The molecule has 1 atom stereocenters. The molecular formula is C22H27N5O2. The predicted molar refractivity (Wildman–Crippen MR) is 112 cm³/mol. The fourth-order valence-electron chi connectivity index (χ4n) is 4.64. The van der Waals surface area contributed by atoms with E-state index < -0.39 is 0 Å². The standard InChI is InChI=1S/C22H27N5O2/c1-16(28)26-9-7-17(15-26)20-19-8-10-27(18-5-3-2-4-6-18)21(19)24-22(23-20)25-11-13-29-14-12-25/h2-6,17H,7-15H2,1H3. The second kappa shape index (κ2) is 7.63. The summed E-state index contributed by atoms with van der Waals surface area (Å²) in [6.45, 7) is 7.18. The first-order valence-corrected chi connectivity index (χ1v) is 10.5. The van der Waals surface area contributed by atoms with Crippen LogP contribution in [-0.2, 0) is 16.0 Å². The van der Waals surface area contributed by atoms with Gasteiger partial charge in [-0.2, -0.15) is 4.98 Å². The fourth-order valence-corrected chi connectivity index (χ4v) is 4.64. The molecule has 0 bridgehead atoms. The molecule has 3 aliphatic heterocycles. The first-order valence-electron chi connectivity index (χ1n) is 10.5. The lowest BCUT2D eigenvalue weighted by molar-refractivity contribution is -0.127. The molecule has 2 saturated heterocycles. The van der Waals surface area contributed by atoms with Gasteiger partial charge in [-0.3, -0.25) is 4.79 Å². The molecule has 152 valence electrons. The number of anilines is 3. The smallest absolute Gasteiger partial charge is 0.227 e. The third-order valence-electron chi connectivity index (χ3n) is 6.23. The van der Waals surface area contributed by atoms with Gasteiger partial charge in [0.05, 0.1) is 18.9 Å². The monoisotopic (exact) mass is 393 g/mol. The van der Waals surface area contributed by atoms with Crippen LogP contribution in [0.5, 0.6) is 0 Å². The Hall–Kier alpha value is -2.67. The number of carbonyl (C=O) groups excluding carboxylic acids is 1. The van der Waals surface area contributed by atoms with Crippen LogP contribution in [0.3, 0.4) is 0 Å². The molecular weight excluding hydrogens is 366 g/mol. The first-order chi connectivity index (χ1) is 14.2. The van der Waals surface area contributed by atoms with E-state index in [1.54, 1.807) is 6.92 Å². The second-order valence-corrected chi connectivity index (χ2v) is 8.00. The van der Waals surface area contributed by atoms with Crippen molar-refractivity contribution < 1.29 is 9.53 Å². The summed E-state index contributed by atoms with van der Waals surface area (Å²) in [4.78, 5) is 28.4. The largest absolute Gasteiger partial charge is 0.378 e. The molecule has 29 heavy (non-hydrogen) atoms. The maximum absolute atomic E-state index is 11.9. The van der Waals surface area contributed by atoms with Crippen molar-refractivity contribution in [2.45, 2.75) is 25.7 Å². The molecule has 2 fully saturated rings. The number of amides is 1. The zero-order valence-corrected chi connectivity index (χ0v) is 16.9. The van der Waals surface area contributed by atoms with Gasteiger partial charge < -0.3 is 19.4 Å². The summed E-state index contributed by atoms with van der Waals surface area (Å²) in [6, 6.07) is 10.5. The summed E-state index contributed by atoms with van der Waals surface area (Å²) in [5.41, 5.74) is 3.56. The number of nitrogens with zero attached hydrogens (tertiary/aromatic N) is 5. The average Bonchev–Trinajstić information content (AvgIpc) is 3.42. The highest BCUT2D eigenvalue weighted by Gasteiger charge is 2.34. The van der Waals surface area contributed by atoms with Crippen molar-refractivity contribution in [3.05, 3.63) is 41.6 Å². The van der Waals surface area contributed by atoms with E-state index in [9.17, 15) is 4.79 Å². The minimum atomic E-state index is 0.150. The van der Waals surface area contributed by atoms with Crippen molar-refractivity contribution in [1.82, 2.24) is 14.9 Å². The molecule has 1 aromatic carbocycles. The minimum absolute atomic E-state index is 0.150. The van der Waals surface area contributed by atoms with Gasteiger partial charge >= 0.3 is 0 Å². The lowest BCUT2D eigenvalue weighted by Gasteiger charge is -2.29. The maximum Gasteiger partial charge on any atom is 0.227 e. The van der Waals surface area contributed by atoms with Gasteiger partial charge in [0.2, 0.25) is 11.9 Å². The summed E-state index contributed by atoms with van der Waals surface area (Å²) in [5, 5.41) is 0. The Kier molecular flexibility index (Phi) is 4.83. The Morgan fingerprint density at radius 2 is 1.86 bits per heavy atom. The van der Waals surface area contributed by atoms with Crippen molar-refractivity contribution in [1.29, 1.82) is 0 Å². The first kappa shape index (κ1) is 18.4. The predicted octanol–water partition coefficient (Wildman–Crippen LogP) is 2.34. The van der Waals surface area contributed by atoms with Gasteiger partial charge in [0.25, 0.3) is 0 Å². The lowest BCUT2D eigenvalue weighted by atomic mass is 9.99. The van der Waals surface area contributed by atoms with Gasteiger partial charge in [-0.05, 0) is 25.0 Å². The van der Waals surface area contributed by atoms with Crippen LogP contribution in [0.1, 0.15) is 30.5 Å².